The fourth-order valence-electron chi connectivity index (χ4n) is 17.9. The van der Waals surface area contributed by atoms with E-state index >= 15 is 8.78 Å². The molecular formula is C101H112Cl3F3N22O7. The normalized spacial score (nSPS) is 17.4. The Morgan fingerprint density at radius 2 is 0.772 bits per heavy atom. The number of amides is 4. The Kier molecular flexibility index (Phi) is 29.3. The second kappa shape index (κ2) is 40.4. The third-order valence-electron chi connectivity index (χ3n) is 25.3. The van der Waals surface area contributed by atoms with Crippen LogP contribution in [-0.2, 0) is 19.2 Å². The molecule has 13 heterocycles. The van der Waals surface area contributed by atoms with Crippen LogP contribution in [0, 0.1) is 24.4 Å². The molecule has 9 aromatic heterocycles. The number of fused-ring (bicyclic) bond motifs is 3. The summed E-state index contributed by atoms with van der Waals surface area (Å²) in [5, 5.41) is 2.29. The molecule has 29 nitrogen and oxygen atoms in total. The maximum atomic E-state index is 15.2. The lowest BCUT2D eigenvalue weighted by atomic mass is 10.0. The second-order valence-corrected chi connectivity index (χ2v) is 37.9. The summed E-state index contributed by atoms with van der Waals surface area (Å²) >= 11 is 20.6. The van der Waals surface area contributed by atoms with Gasteiger partial charge >= 0.3 is 17.1 Å². The maximum Gasteiger partial charge on any atom is 0.355 e. The van der Waals surface area contributed by atoms with Crippen LogP contribution in [0.25, 0.3) is 83.9 Å². The van der Waals surface area contributed by atoms with Crippen molar-refractivity contribution in [2.24, 2.45) is 0 Å². The molecular weight excluding hydrogens is 1800 g/mol. The first kappa shape index (κ1) is 98.8. The summed E-state index contributed by atoms with van der Waals surface area (Å²) in [5.74, 6) is -0.598. The van der Waals surface area contributed by atoms with Gasteiger partial charge < -0.3 is 34.3 Å². The Morgan fingerprint density at radius 1 is 0.434 bits per heavy atom. The van der Waals surface area contributed by atoms with Crippen molar-refractivity contribution in [2.45, 2.75) is 197 Å². The van der Waals surface area contributed by atoms with E-state index in [1.807, 2.05) is 138 Å². The SMILES string of the molecule is C=CC(=O)N1CC(C)N(c2nc(=O)n(-c3c(C(C)C)nc(N(C)C(C)=O)nc3C(C)C)c3nc(-c4ccccc4F)c(Cl)cc23)CC1C.C=CC(=O)N1CC(C)N(c2nc(=O)n(-c3c(C(C)C)nc(N4CCC4)nc3C(C)C)c3nc(-c4ccccc4F)c(Cl)cc23)CC1C.C=CC(=O)N1CC(C)N(c2nc(=O)n(-c3c(C)ccnc3C(C)C)c3nc(-c4ccc(F)cc4)c(Cl)cc23)CC1C. The van der Waals surface area contributed by atoms with Crippen LogP contribution in [0.5, 0.6) is 0 Å². The topological polar surface area (TPSA) is 302 Å². The van der Waals surface area contributed by atoms with E-state index in [1.165, 1.54) is 68.0 Å². The number of aryl methyl sites for hydroxylation is 1. The number of halogens is 6. The van der Waals surface area contributed by atoms with Gasteiger partial charge in [-0.15, -0.1) is 0 Å². The smallest absolute Gasteiger partial charge is 0.349 e. The zero-order chi connectivity index (χ0) is 98.5. The minimum absolute atomic E-state index is 0.0201. The zero-order valence-electron chi connectivity index (χ0n) is 79.8. The Bertz CT molecular complexity index is 6890. The van der Waals surface area contributed by atoms with Gasteiger partial charge in [0, 0.05) is 125 Å². The molecule has 3 aromatic carbocycles. The number of rotatable bonds is 19. The van der Waals surface area contributed by atoms with Crippen molar-refractivity contribution in [3.63, 3.8) is 0 Å². The van der Waals surface area contributed by atoms with Crippen LogP contribution < -0.4 is 41.6 Å². The van der Waals surface area contributed by atoms with Gasteiger partial charge in [-0.3, -0.25) is 29.1 Å². The number of anilines is 5. The van der Waals surface area contributed by atoms with Gasteiger partial charge in [-0.05, 0) is 181 Å². The summed E-state index contributed by atoms with van der Waals surface area (Å²) in [7, 11) is 1.60. The molecule has 710 valence electrons. The first-order valence-electron chi connectivity index (χ1n) is 45.6. The highest BCUT2D eigenvalue weighted by Gasteiger charge is 2.40. The number of pyridine rings is 4. The van der Waals surface area contributed by atoms with Crippen LogP contribution in [0.4, 0.5) is 42.5 Å². The van der Waals surface area contributed by atoms with Gasteiger partial charge in [0.2, 0.25) is 35.5 Å². The molecule has 0 spiro atoms. The van der Waals surface area contributed by atoms with E-state index in [1.54, 1.807) is 94.7 Å². The molecule has 16 rings (SSSR count). The zero-order valence-corrected chi connectivity index (χ0v) is 82.1. The molecule has 0 radical (unpaired) electrons. The van der Waals surface area contributed by atoms with Gasteiger partial charge in [0.1, 0.15) is 34.9 Å². The van der Waals surface area contributed by atoms with Crippen LogP contribution in [0.15, 0.2) is 156 Å². The summed E-state index contributed by atoms with van der Waals surface area (Å²) in [6, 6.07) is 24.2. The Hall–Kier alpha value is -13.2. The summed E-state index contributed by atoms with van der Waals surface area (Å²) in [4.78, 5) is 161. The molecule has 136 heavy (non-hydrogen) atoms. The van der Waals surface area contributed by atoms with Crippen molar-refractivity contribution in [3.8, 4) is 50.8 Å². The monoisotopic (exact) mass is 1910 g/mol. The molecule has 4 aliphatic rings. The van der Waals surface area contributed by atoms with E-state index in [2.05, 4.69) is 39.6 Å². The molecule has 35 heteroatoms. The number of carbonyl (C=O) groups excluding carboxylic acids is 4. The van der Waals surface area contributed by atoms with Crippen LogP contribution in [0.2, 0.25) is 15.1 Å². The third kappa shape index (κ3) is 19.2. The fourth-order valence-corrected chi connectivity index (χ4v) is 18.6. The Labute approximate surface area is 802 Å². The highest BCUT2D eigenvalue weighted by Crippen LogP contribution is 2.44. The average Bonchev–Trinajstić information content (AvgIpc) is 0.735. The van der Waals surface area contributed by atoms with Gasteiger partial charge in [0.15, 0.2) is 16.9 Å². The molecule has 4 saturated heterocycles. The van der Waals surface area contributed by atoms with Crippen LogP contribution in [0.1, 0.15) is 188 Å². The fraction of sp³-hybridized carbons (Fsp3) is 0.386. The molecule has 6 atom stereocenters. The number of hydrogen-bond donors (Lipinski definition) is 0. The Balaban J connectivity index is 0.000000164. The summed E-state index contributed by atoms with van der Waals surface area (Å²) < 4.78 is 48.5. The minimum Gasteiger partial charge on any atom is -0.349 e. The number of benzene rings is 3. The molecule has 4 aliphatic heterocycles. The first-order valence-corrected chi connectivity index (χ1v) is 46.8. The molecule has 6 unspecified atom stereocenters. The lowest BCUT2D eigenvalue weighted by molar-refractivity contribution is -0.129. The predicted molar refractivity (Wildman–Crippen MR) is 531 cm³/mol. The largest absolute Gasteiger partial charge is 0.355 e. The van der Waals surface area contributed by atoms with Gasteiger partial charge in [0.25, 0.3) is 0 Å². The highest BCUT2D eigenvalue weighted by molar-refractivity contribution is 6.35. The molecule has 0 N–H and O–H groups in total. The first-order chi connectivity index (χ1) is 64.6. The van der Waals surface area contributed by atoms with Crippen molar-refractivity contribution < 1.29 is 32.3 Å². The summed E-state index contributed by atoms with van der Waals surface area (Å²) in [5.41, 5.74) is 6.46. The van der Waals surface area contributed by atoms with Crippen molar-refractivity contribution in [1.82, 2.24) is 83.2 Å². The van der Waals surface area contributed by atoms with Gasteiger partial charge in [-0.1, -0.05) is 148 Å². The summed E-state index contributed by atoms with van der Waals surface area (Å²) in [6.45, 7) is 50.1. The van der Waals surface area contributed by atoms with E-state index in [4.69, 9.17) is 74.7 Å². The van der Waals surface area contributed by atoms with Gasteiger partial charge in [0.05, 0.1) is 93.8 Å². The maximum absolute atomic E-state index is 15.2. The van der Waals surface area contributed by atoms with Crippen molar-refractivity contribution in [1.29, 1.82) is 0 Å². The van der Waals surface area contributed by atoms with Crippen LogP contribution >= 0.6 is 34.8 Å². The standard InChI is InChI=1S/C35H40ClFN8O3.C35H40ClFN8O2.C31H32ClFN6O2/c1-10-27(47)43-16-21(7)44(17-20(43)6)32-24-15-25(36)30(23-13-11-12-14-26(23)37)38-33(24)45(35(48)41-32)31-28(18(2)3)39-34(42(9)22(8)46)40-29(31)19(4)5;1-8-27(46)43-17-22(7)44(18-21(43)6)32-24-16-25(36)30(23-12-9-10-13-26(23)37)38-33(24)45(35(47)41-32)31-28(19(2)3)39-34(42-14-11-15-42)40-29(31)20(4)5;1-7-25(40)37-15-20(6)38(16-19(37)5)29-23-14-24(32)27(21-8-10-22(33)11-9-21)35-30(23)39(31(41)36-29)28-18(4)12-13-34-26(28)17(2)3/h10-15,18-21H,1,16-17H2,2-9H3;8-10,12-13,16,19-22H,1,11,14-15,17-18H2,2-7H3;7-14,17,19-20H,1,15-16H2,2-6H3. The molecule has 12 aromatic rings. The molecule has 0 bridgehead atoms. The average molecular weight is 1910 g/mol. The van der Waals surface area contributed by atoms with Crippen LogP contribution in [0.3, 0.4) is 0 Å². The van der Waals surface area contributed by atoms with E-state index < -0.39 is 28.7 Å². The second-order valence-electron chi connectivity index (χ2n) is 36.7. The van der Waals surface area contributed by atoms with E-state index in [0.29, 0.717) is 141 Å². The predicted octanol–water partition coefficient (Wildman–Crippen LogP) is 17.6. The van der Waals surface area contributed by atoms with Crippen LogP contribution in [-0.4, -0.2) is 203 Å². The number of nitrogens with zero attached hydrogens (tertiary/aromatic N) is 22. The number of hydrogen-bond acceptors (Lipinski definition) is 22. The van der Waals surface area contributed by atoms with Crippen molar-refractivity contribution >= 4 is 121 Å². The quantitative estimate of drug-likeness (QED) is 0.0679. The van der Waals surface area contributed by atoms with E-state index in [0.717, 1.165) is 30.8 Å². The number of aromatic nitrogens is 14. The molecule has 0 saturated carbocycles. The Morgan fingerprint density at radius 3 is 1.10 bits per heavy atom. The summed E-state index contributed by atoms with van der Waals surface area (Å²) in [6.07, 6.45) is 6.73. The third-order valence-corrected chi connectivity index (χ3v) is 26.1. The van der Waals surface area contributed by atoms with Gasteiger partial charge in [-0.2, -0.15) is 15.0 Å². The lowest BCUT2D eigenvalue weighted by Gasteiger charge is -2.44. The molecule has 4 fully saturated rings. The number of carbonyl (C=O) groups is 4. The highest BCUT2D eigenvalue weighted by atomic mass is 35.5. The number of piperazine rings is 3. The van der Waals surface area contributed by atoms with E-state index in [9.17, 15) is 38.0 Å². The van der Waals surface area contributed by atoms with E-state index in [-0.39, 0.29) is 145 Å². The van der Waals surface area contributed by atoms with Gasteiger partial charge in [-0.25, -0.2) is 76.1 Å². The molecule has 4 amide bonds. The lowest BCUT2D eigenvalue weighted by Crippen LogP contribution is -2.58. The minimum atomic E-state index is -0.642. The van der Waals surface area contributed by atoms with Crippen molar-refractivity contribution in [3.05, 3.63) is 239 Å². The molecule has 0 aliphatic carbocycles. The van der Waals surface area contributed by atoms with Crippen molar-refractivity contribution in [2.75, 3.05) is 83.9 Å².